The molecule has 2 nitrogen and oxygen atoms in total. The maximum Gasteiger partial charge on any atom is 0.429 e. The average molecular weight is 544 g/mol. The van der Waals surface area contributed by atoms with Gasteiger partial charge in [-0.15, -0.1) is 0 Å². The van der Waals surface area contributed by atoms with Gasteiger partial charge in [-0.2, -0.15) is 87.8 Å². The second-order valence-corrected chi connectivity index (χ2v) is 6.45. The molecule has 2 aliphatic rings. The molecule has 1 aliphatic carbocycles. The van der Waals surface area contributed by atoms with Gasteiger partial charge >= 0.3 is 65.4 Å². The van der Waals surface area contributed by atoms with E-state index in [0.29, 0.717) is 0 Å². The molecule has 1 heterocycles. The molecule has 33 heavy (non-hydrogen) atoms. The Balaban J connectivity index is 2.79. The average Bonchev–Trinajstić information content (AvgIpc) is 2.67. The van der Waals surface area contributed by atoms with Crippen LogP contribution in [0.5, 0.6) is 0 Å². The van der Waals surface area contributed by atoms with Crippen LogP contribution in [0.3, 0.4) is 0 Å². The minimum absolute atomic E-state index is 1.33. The third-order valence-corrected chi connectivity index (χ3v) is 4.46. The van der Waals surface area contributed by atoms with Crippen molar-refractivity contribution in [2.45, 2.75) is 65.4 Å². The third kappa shape index (κ3) is 2.46. The molecule has 0 radical (unpaired) electrons. The standard InChI is InChI=1S/C11F20O2/c12-1(13)2(14,15)4(18,19)8(26,5(20,21)3(1,16)17)32-11(30,31)9(27)6(22,23)7(24,25)10(28,29)33-9. The lowest BCUT2D eigenvalue weighted by atomic mass is 9.78. The van der Waals surface area contributed by atoms with Crippen LogP contribution in [-0.4, -0.2) is 65.4 Å². The van der Waals surface area contributed by atoms with E-state index in [-0.39, 0.29) is 0 Å². The van der Waals surface area contributed by atoms with E-state index >= 15 is 0 Å². The highest BCUT2D eigenvalue weighted by molar-refractivity contribution is 5.24. The summed E-state index contributed by atoms with van der Waals surface area (Å²) in [5, 5.41) is 0. The third-order valence-electron chi connectivity index (χ3n) is 4.46. The van der Waals surface area contributed by atoms with Gasteiger partial charge in [-0.3, -0.25) is 9.47 Å². The lowest BCUT2D eigenvalue weighted by Gasteiger charge is -2.52. The number of ether oxygens (including phenoxy) is 2. The Kier molecular flexibility index (Phi) is 5.06. The van der Waals surface area contributed by atoms with Crippen molar-refractivity contribution in [1.82, 2.24) is 0 Å². The molecule has 1 aliphatic heterocycles. The van der Waals surface area contributed by atoms with Crippen LogP contribution in [0, 0.1) is 0 Å². The van der Waals surface area contributed by atoms with Crippen molar-refractivity contribution in [3.8, 4) is 0 Å². The molecular formula is C11F20O2. The first kappa shape index (κ1) is 27.8. The highest BCUT2D eigenvalue weighted by Gasteiger charge is 3.04. The number of hydrogen-bond acceptors (Lipinski definition) is 2. The second-order valence-electron chi connectivity index (χ2n) is 6.45. The molecule has 0 spiro atoms. The Labute approximate surface area is 164 Å². The SMILES string of the molecule is FC1(F)OC(F)(C(F)(F)OC2(F)C(F)(F)C(F)(F)C(F)(F)C(F)(F)C2(F)F)C(F)(F)C1(F)F. The van der Waals surface area contributed by atoms with Gasteiger partial charge < -0.3 is 0 Å². The van der Waals surface area contributed by atoms with E-state index in [1.807, 2.05) is 0 Å². The summed E-state index contributed by atoms with van der Waals surface area (Å²) in [6, 6.07) is 0. The van der Waals surface area contributed by atoms with Crippen molar-refractivity contribution < 1.29 is 97.3 Å². The monoisotopic (exact) mass is 544 g/mol. The van der Waals surface area contributed by atoms with Gasteiger partial charge in [0.2, 0.25) is 0 Å². The Hall–Kier alpha value is -1.48. The highest BCUT2D eigenvalue weighted by Crippen LogP contribution is 2.72. The second kappa shape index (κ2) is 6.01. The van der Waals surface area contributed by atoms with E-state index in [0.717, 1.165) is 0 Å². The van der Waals surface area contributed by atoms with Gasteiger partial charge in [0.25, 0.3) is 0 Å². The molecular weight excluding hydrogens is 544 g/mol. The van der Waals surface area contributed by atoms with E-state index < -0.39 is 65.4 Å². The summed E-state index contributed by atoms with van der Waals surface area (Å²) < 4.78 is 268. The fraction of sp³-hybridized carbons (Fsp3) is 1.00. The molecule has 0 aromatic carbocycles. The van der Waals surface area contributed by atoms with Crippen LogP contribution in [-0.2, 0) is 9.47 Å². The smallest absolute Gasteiger partial charge is 0.267 e. The van der Waals surface area contributed by atoms with Gasteiger partial charge in [-0.1, -0.05) is 0 Å². The van der Waals surface area contributed by atoms with Crippen molar-refractivity contribution in [2.75, 3.05) is 0 Å². The summed E-state index contributed by atoms with van der Waals surface area (Å²) in [5.41, 5.74) is 0. The first-order valence-corrected chi connectivity index (χ1v) is 7.10. The summed E-state index contributed by atoms with van der Waals surface area (Å²) in [6.45, 7) is 0. The van der Waals surface area contributed by atoms with Crippen molar-refractivity contribution in [3.05, 3.63) is 0 Å². The predicted octanol–water partition coefficient (Wildman–Crippen LogP) is 6.01. The number of hydrogen-bond donors (Lipinski definition) is 0. The van der Waals surface area contributed by atoms with Gasteiger partial charge in [-0.05, 0) is 0 Å². The first-order valence-electron chi connectivity index (χ1n) is 7.10. The predicted molar refractivity (Wildman–Crippen MR) is 54.4 cm³/mol. The van der Waals surface area contributed by atoms with E-state index in [1.54, 1.807) is 4.74 Å². The van der Waals surface area contributed by atoms with Gasteiger partial charge in [0.05, 0.1) is 0 Å². The lowest BCUT2D eigenvalue weighted by molar-refractivity contribution is -0.565. The molecule has 0 amide bonds. The molecule has 2 rings (SSSR count). The molecule has 1 unspecified atom stereocenters. The Bertz CT molecular complexity index is 800. The van der Waals surface area contributed by atoms with Gasteiger partial charge in [-0.25, -0.2) is 0 Å². The van der Waals surface area contributed by atoms with Crippen molar-refractivity contribution in [2.24, 2.45) is 0 Å². The first-order chi connectivity index (χ1) is 13.9. The van der Waals surface area contributed by atoms with Gasteiger partial charge in [0.15, 0.2) is 0 Å². The summed E-state index contributed by atoms with van der Waals surface area (Å²) in [6.07, 6.45) is -15.2. The zero-order chi connectivity index (χ0) is 26.9. The van der Waals surface area contributed by atoms with Crippen LogP contribution in [0.25, 0.3) is 0 Å². The Morgan fingerprint density at radius 3 is 1.00 bits per heavy atom. The molecule has 0 aromatic rings. The molecule has 0 N–H and O–H groups in total. The fourth-order valence-electron chi connectivity index (χ4n) is 2.49. The lowest BCUT2D eigenvalue weighted by Crippen LogP contribution is -2.85. The van der Waals surface area contributed by atoms with Crippen molar-refractivity contribution in [3.63, 3.8) is 0 Å². The molecule has 0 aromatic heterocycles. The zero-order valence-electron chi connectivity index (χ0n) is 13.9. The largest absolute Gasteiger partial charge is 0.429 e. The summed E-state index contributed by atoms with van der Waals surface area (Å²) >= 11 is 0. The minimum Gasteiger partial charge on any atom is -0.267 e. The van der Waals surface area contributed by atoms with Crippen LogP contribution >= 0.6 is 0 Å². The topological polar surface area (TPSA) is 18.5 Å². The normalized spacial score (nSPS) is 36.4. The van der Waals surface area contributed by atoms with Gasteiger partial charge in [0.1, 0.15) is 0 Å². The number of rotatable bonds is 3. The molecule has 196 valence electrons. The molecule has 2 fully saturated rings. The summed E-state index contributed by atoms with van der Waals surface area (Å²) in [5.74, 6) is -72.4. The zero-order valence-corrected chi connectivity index (χ0v) is 13.9. The molecule has 1 saturated carbocycles. The Morgan fingerprint density at radius 2 is 0.727 bits per heavy atom. The number of halogens is 20. The number of alkyl halides is 20. The van der Waals surface area contributed by atoms with E-state index in [1.165, 1.54) is 4.74 Å². The molecule has 22 heteroatoms. The quantitative estimate of drug-likeness (QED) is 0.406. The maximum atomic E-state index is 14.1. The molecule has 1 atom stereocenters. The fourth-order valence-corrected chi connectivity index (χ4v) is 2.49. The molecule has 1 saturated heterocycles. The van der Waals surface area contributed by atoms with Gasteiger partial charge in [0, 0.05) is 0 Å². The van der Waals surface area contributed by atoms with Crippen LogP contribution in [0.4, 0.5) is 87.8 Å². The summed E-state index contributed by atoms with van der Waals surface area (Å²) in [4.78, 5) is 0. The van der Waals surface area contributed by atoms with Crippen molar-refractivity contribution >= 4 is 0 Å². The minimum atomic E-state index is -8.36. The van der Waals surface area contributed by atoms with Crippen LogP contribution in [0.1, 0.15) is 0 Å². The molecule has 0 bridgehead atoms. The van der Waals surface area contributed by atoms with E-state index in [9.17, 15) is 87.8 Å². The maximum absolute atomic E-state index is 14.1. The van der Waals surface area contributed by atoms with Crippen LogP contribution in [0.2, 0.25) is 0 Å². The van der Waals surface area contributed by atoms with Crippen LogP contribution in [0.15, 0.2) is 0 Å². The van der Waals surface area contributed by atoms with E-state index in [2.05, 4.69) is 0 Å². The van der Waals surface area contributed by atoms with Crippen molar-refractivity contribution in [1.29, 1.82) is 0 Å². The van der Waals surface area contributed by atoms with Crippen LogP contribution < -0.4 is 0 Å². The summed E-state index contributed by atoms with van der Waals surface area (Å²) in [7, 11) is 0. The van der Waals surface area contributed by atoms with E-state index in [4.69, 9.17) is 0 Å². The Morgan fingerprint density at radius 1 is 0.424 bits per heavy atom. The highest BCUT2D eigenvalue weighted by atomic mass is 19.4.